The van der Waals surface area contributed by atoms with Crippen molar-refractivity contribution in [2.24, 2.45) is 23.2 Å². The zero-order chi connectivity index (χ0) is 36.2. The van der Waals surface area contributed by atoms with Crippen molar-refractivity contribution < 1.29 is 33.5 Å². The molecule has 0 aromatic carbocycles. The van der Waals surface area contributed by atoms with Gasteiger partial charge in [-0.3, -0.25) is 33.9 Å². The summed E-state index contributed by atoms with van der Waals surface area (Å²) in [6.07, 6.45) is 9.14. The summed E-state index contributed by atoms with van der Waals surface area (Å²) in [5.41, 5.74) is -1.37. The van der Waals surface area contributed by atoms with Gasteiger partial charge in [0.2, 0.25) is 0 Å². The van der Waals surface area contributed by atoms with Crippen molar-refractivity contribution in [2.45, 2.75) is 129 Å². The van der Waals surface area contributed by atoms with Crippen LogP contribution in [0.4, 0.5) is 9.59 Å². The molecule has 276 valence electrons. The van der Waals surface area contributed by atoms with Crippen molar-refractivity contribution in [1.82, 2.24) is 19.6 Å². The van der Waals surface area contributed by atoms with E-state index in [1.54, 1.807) is 11.9 Å². The molecule has 2 heterocycles. The Balaban J connectivity index is 1.11. The molecule has 6 rings (SSSR count). The van der Waals surface area contributed by atoms with Crippen LogP contribution in [0.1, 0.15) is 112 Å². The summed E-state index contributed by atoms with van der Waals surface area (Å²) < 4.78 is 6.24. The Hall–Kier alpha value is -2.54. The smallest absolute Gasteiger partial charge is 0.334 e. The second kappa shape index (κ2) is 14.1. The molecule has 2 aliphatic heterocycles. The van der Waals surface area contributed by atoms with Gasteiger partial charge in [0, 0.05) is 26.2 Å². The van der Waals surface area contributed by atoms with Crippen molar-refractivity contribution in [1.29, 1.82) is 0 Å². The molecule has 6 aliphatic rings. The fourth-order valence-corrected chi connectivity index (χ4v) is 11.3. The lowest BCUT2D eigenvalue weighted by Gasteiger charge is -2.59. The van der Waals surface area contributed by atoms with E-state index in [0.717, 1.165) is 62.9 Å². The SMILES string of the molecule is CCSC(SCC)=C1C(=O)N(CC2CCC2)C(=O)N(C2CCC3(CC2)CC2(C3)C(=O)N(C)C(=O)N2CCC2CC(C(=O)OC(C)(C)C)C2)C1=O. The lowest BCUT2D eigenvalue weighted by atomic mass is 9.51. The van der Waals surface area contributed by atoms with E-state index in [1.807, 2.05) is 34.6 Å². The van der Waals surface area contributed by atoms with Gasteiger partial charge in [-0.1, -0.05) is 20.3 Å². The van der Waals surface area contributed by atoms with E-state index in [0.29, 0.717) is 48.9 Å². The zero-order valence-corrected chi connectivity index (χ0v) is 32.2. The Kier molecular flexibility index (Phi) is 10.5. The normalized spacial score (nSPS) is 31.8. The molecule has 0 atom stereocenters. The Labute approximate surface area is 305 Å². The van der Waals surface area contributed by atoms with Crippen LogP contribution in [0, 0.1) is 23.2 Å². The summed E-state index contributed by atoms with van der Waals surface area (Å²) in [4.78, 5) is 87.0. The molecule has 4 aliphatic carbocycles. The molecule has 0 aromatic heterocycles. The number of nitrogens with zero attached hydrogens (tertiary/aromatic N) is 4. The highest BCUT2D eigenvalue weighted by molar-refractivity contribution is 8.22. The van der Waals surface area contributed by atoms with Crippen molar-refractivity contribution in [3.8, 4) is 0 Å². The number of carbonyl (C=O) groups excluding carboxylic acids is 6. The molecule has 2 saturated heterocycles. The zero-order valence-electron chi connectivity index (χ0n) is 30.6. The van der Waals surface area contributed by atoms with Gasteiger partial charge in [-0.05, 0) is 120 Å². The molecule has 6 fully saturated rings. The number of carbonyl (C=O) groups is 6. The number of ether oxygens (including phenoxy) is 1. The quantitative estimate of drug-likeness (QED) is 0.103. The number of urea groups is 2. The number of hydrogen-bond acceptors (Lipinski definition) is 9. The molecule has 0 bridgehead atoms. The summed E-state index contributed by atoms with van der Waals surface area (Å²) in [5, 5.41) is 0. The molecule has 0 radical (unpaired) electrons. The minimum Gasteiger partial charge on any atom is -0.460 e. The van der Waals surface area contributed by atoms with Crippen LogP contribution in [0.2, 0.25) is 0 Å². The highest BCUT2D eigenvalue weighted by atomic mass is 32.2. The highest BCUT2D eigenvalue weighted by Crippen LogP contribution is 2.61. The summed E-state index contributed by atoms with van der Waals surface area (Å²) in [6.45, 7) is 10.4. The number of thioether (sulfide) groups is 2. The van der Waals surface area contributed by atoms with Crippen molar-refractivity contribution >= 4 is 59.3 Å². The van der Waals surface area contributed by atoms with E-state index >= 15 is 0 Å². The molecule has 0 N–H and O–H groups in total. The van der Waals surface area contributed by atoms with Gasteiger partial charge in [-0.25, -0.2) is 9.59 Å². The Morgan fingerprint density at radius 1 is 0.880 bits per heavy atom. The standard InChI is InChI=1S/C37H54N4O7S2/c1-7-49-31(50-8-2)27-28(42)39(20-23-10-9-11-23)34(47)41(29(27)43)26-12-15-36(16-13-26)21-37(22-36)32(45)38(6)33(46)40(37)17-14-24-18-25(19-24)30(44)48-35(3,4)5/h23-26H,7-22H2,1-6H3. The number of barbiturate groups is 1. The van der Waals surface area contributed by atoms with E-state index in [4.69, 9.17) is 4.74 Å². The van der Waals surface area contributed by atoms with Crippen LogP contribution < -0.4 is 0 Å². The van der Waals surface area contributed by atoms with Crippen LogP contribution in [0.5, 0.6) is 0 Å². The summed E-state index contributed by atoms with van der Waals surface area (Å²) in [5.74, 6) is 0.692. The first-order valence-electron chi connectivity index (χ1n) is 18.7. The fraction of sp³-hybridized carbons (Fsp3) is 0.784. The molecular weight excluding hydrogens is 677 g/mol. The number of esters is 1. The molecular formula is C37H54N4O7S2. The molecule has 2 spiro atoms. The minimum atomic E-state index is -0.852. The van der Waals surface area contributed by atoms with E-state index < -0.39 is 29.0 Å². The summed E-state index contributed by atoms with van der Waals surface area (Å²) in [6, 6.07) is -1.06. The number of hydrogen-bond donors (Lipinski definition) is 0. The topological polar surface area (TPSA) is 125 Å². The van der Waals surface area contributed by atoms with Gasteiger partial charge in [0.1, 0.15) is 16.7 Å². The van der Waals surface area contributed by atoms with E-state index in [-0.39, 0.29) is 46.8 Å². The molecule has 13 heteroatoms. The van der Waals surface area contributed by atoms with E-state index in [9.17, 15) is 28.8 Å². The van der Waals surface area contributed by atoms with Crippen molar-refractivity contribution in [3.63, 3.8) is 0 Å². The highest BCUT2D eigenvalue weighted by Gasteiger charge is 2.68. The van der Waals surface area contributed by atoms with E-state index in [2.05, 4.69) is 0 Å². The maximum Gasteiger partial charge on any atom is 0.334 e. The first-order chi connectivity index (χ1) is 23.6. The molecule has 0 unspecified atom stereocenters. The molecule has 0 aromatic rings. The predicted molar refractivity (Wildman–Crippen MR) is 193 cm³/mol. The Morgan fingerprint density at radius 3 is 2.04 bits per heavy atom. The summed E-state index contributed by atoms with van der Waals surface area (Å²) in [7, 11) is 1.56. The lowest BCUT2D eigenvalue weighted by molar-refractivity contribution is -0.165. The molecule has 50 heavy (non-hydrogen) atoms. The van der Waals surface area contributed by atoms with Gasteiger partial charge >= 0.3 is 18.0 Å². The van der Waals surface area contributed by atoms with Gasteiger partial charge in [0.25, 0.3) is 17.7 Å². The van der Waals surface area contributed by atoms with Crippen LogP contribution >= 0.6 is 23.5 Å². The third-order valence-electron chi connectivity index (χ3n) is 11.9. The fourth-order valence-electron chi connectivity index (χ4n) is 9.10. The number of amides is 7. The Morgan fingerprint density at radius 2 is 1.50 bits per heavy atom. The molecule has 7 amide bonds. The van der Waals surface area contributed by atoms with Gasteiger partial charge in [0.05, 0.1) is 10.2 Å². The van der Waals surface area contributed by atoms with Crippen LogP contribution in [0.3, 0.4) is 0 Å². The molecule has 4 saturated carbocycles. The third-order valence-corrected chi connectivity index (χ3v) is 14.2. The second-order valence-corrected chi connectivity index (χ2v) is 19.3. The number of rotatable bonds is 11. The molecule has 11 nitrogen and oxygen atoms in total. The predicted octanol–water partition coefficient (Wildman–Crippen LogP) is 6.41. The van der Waals surface area contributed by atoms with Crippen LogP contribution in [-0.4, -0.2) is 104 Å². The van der Waals surface area contributed by atoms with Gasteiger partial charge in [0.15, 0.2) is 0 Å². The average Bonchev–Trinajstić information content (AvgIpc) is 3.16. The lowest BCUT2D eigenvalue weighted by Crippen LogP contribution is -2.66. The summed E-state index contributed by atoms with van der Waals surface area (Å²) >= 11 is 2.98. The third kappa shape index (κ3) is 6.74. The maximum atomic E-state index is 14.1. The average molecular weight is 731 g/mol. The number of imide groups is 3. The van der Waals surface area contributed by atoms with Crippen LogP contribution in [0.25, 0.3) is 0 Å². The van der Waals surface area contributed by atoms with Crippen LogP contribution in [0.15, 0.2) is 9.81 Å². The largest absolute Gasteiger partial charge is 0.460 e. The van der Waals surface area contributed by atoms with Gasteiger partial charge < -0.3 is 9.64 Å². The monoisotopic (exact) mass is 730 g/mol. The van der Waals surface area contributed by atoms with Gasteiger partial charge in [-0.15, -0.1) is 23.5 Å². The first kappa shape index (κ1) is 37.2. The maximum absolute atomic E-state index is 14.1. The second-order valence-electron chi connectivity index (χ2n) is 16.5. The van der Waals surface area contributed by atoms with Crippen molar-refractivity contribution in [3.05, 3.63) is 9.81 Å². The van der Waals surface area contributed by atoms with Crippen LogP contribution in [-0.2, 0) is 23.9 Å². The first-order valence-corrected chi connectivity index (χ1v) is 20.6. The van der Waals surface area contributed by atoms with Gasteiger partial charge in [-0.2, -0.15) is 0 Å². The minimum absolute atomic E-state index is 0.107. The Bertz CT molecular complexity index is 1440. The van der Waals surface area contributed by atoms with Crippen molar-refractivity contribution in [2.75, 3.05) is 31.6 Å². The number of likely N-dealkylation sites (N-methyl/N-ethyl adjacent to an activating group) is 1. The van der Waals surface area contributed by atoms with E-state index in [1.165, 1.54) is 38.2 Å².